The number of anilines is 1. The van der Waals surface area contributed by atoms with Crippen LogP contribution in [0.5, 0.6) is 5.75 Å². The van der Waals surface area contributed by atoms with Crippen molar-refractivity contribution in [3.8, 4) is 28.9 Å². The largest absolute Gasteiger partial charge is 0.496 e. The van der Waals surface area contributed by atoms with Gasteiger partial charge in [0.1, 0.15) is 11.8 Å². The second-order valence-electron chi connectivity index (χ2n) is 7.32. The first-order chi connectivity index (χ1) is 16.5. The van der Waals surface area contributed by atoms with Gasteiger partial charge in [0.2, 0.25) is 5.91 Å². The lowest BCUT2D eigenvalue weighted by Crippen LogP contribution is -2.15. The lowest BCUT2D eigenvalue weighted by molar-refractivity contribution is -0.113. The second-order valence-corrected chi connectivity index (χ2v) is 8.69. The number of carbonyl (C=O) groups excluding carboxylic acids is 1. The van der Waals surface area contributed by atoms with Crippen molar-refractivity contribution in [3.05, 3.63) is 82.9 Å². The summed E-state index contributed by atoms with van der Waals surface area (Å²) in [4.78, 5) is 12.7. The first-order valence-electron chi connectivity index (χ1n) is 10.3. The average Bonchev–Trinajstić information content (AvgIpc) is 3.27. The fourth-order valence-corrected chi connectivity index (χ4v) is 4.25. The highest BCUT2D eigenvalue weighted by Crippen LogP contribution is 2.33. The second kappa shape index (κ2) is 10.4. The van der Waals surface area contributed by atoms with Crippen LogP contribution in [0.15, 0.2) is 71.9 Å². The molecule has 0 saturated carbocycles. The van der Waals surface area contributed by atoms with Gasteiger partial charge in [0.05, 0.1) is 29.7 Å². The van der Waals surface area contributed by atoms with Gasteiger partial charge in [-0.05, 0) is 49.4 Å². The van der Waals surface area contributed by atoms with Gasteiger partial charge in [-0.2, -0.15) is 5.26 Å². The van der Waals surface area contributed by atoms with Crippen LogP contribution in [0.25, 0.3) is 17.1 Å². The molecule has 9 heteroatoms. The van der Waals surface area contributed by atoms with Crippen molar-refractivity contribution in [2.45, 2.75) is 12.1 Å². The monoisotopic (exact) mass is 489 g/mol. The maximum atomic E-state index is 12.7. The molecule has 0 radical (unpaired) electrons. The summed E-state index contributed by atoms with van der Waals surface area (Å²) in [6.07, 6.45) is 0. The fourth-order valence-electron chi connectivity index (χ4n) is 3.33. The minimum absolute atomic E-state index is 0.0628. The number of benzene rings is 3. The molecule has 0 atom stereocenters. The van der Waals surface area contributed by atoms with E-state index in [0.29, 0.717) is 33.0 Å². The number of rotatable bonds is 7. The van der Waals surface area contributed by atoms with Crippen LogP contribution >= 0.6 is 23.4 Å². The Balaban J connectivity index is 1.64. The molecule has 0 aliphatic rings. The topological polar surface area (TPSA) is 92.8 Å². The number of carbonyl (C=O) groups is 1. The smallest absolute Gasteiger partial charge is 0.234 e. The van der Waals surface area contributed by atoms with Crippen LogP contribution < -0.4 is 10.1 Å². The molecule has 0 saturated heterocycles. The summed E-state index contributed by atoms with van der Waals surface area (Å²) in [5, 5.41) is 21.8. The van der Waals surface area contributed by atoms with E-state index in [1.807, 2.05) is 60.0 Å². The van der Waals surface area contributed by atoms with Gasteiger partial charge >= 0.3 is 0 Å². The molecular weight excluding hydrogens is 470 g/mol. The van der Waals surface area contributed by atoms with Crippen molar-refractivity contribution >= 4 is 35.0 Å². The van der Waals surface area contributed by atoms with Gasteiger partial charge in [0, 0.05) is 10.7 Å². The van der Waals surface area contributed by atoms with E-state index in [1.54, 1.807) is 25.3 Å². The van der Waals surface area contributed by atoms with Gasteiger partial charge in [-0.1, -0.05) is 53.2 Å². The molecule has 4 rings (SSSR count). The van der Waals surface area contributed by atoms with Gasteiger partial charge in [0.25, 0.3) is 0 Å². The Hall–Kier alpha value is -3.80. The average molecular weight is 490 g/mol. The number of nitriles is 1. The number of ether oxygens (including phenoxy) is 1. The molecular formula is C25H20ClN5O2S. The lowest BCUT2D eigenvalue weighted by Gasteiger charge is -2.13. The Morgan fingerprint density at radius 3 is 2.65 bits per heavy atom. The third-order valence-corrected chi connectivity index (χ3v) is 6.15. The Kier molecular flexibility index (Phi) is 7.16. The third-order valence-electron chi connectivity index (χ3n) is 4.98. The molecule has 1 aromatic heterocycles. The molecule has 3 aromatic carbocycles. The summed E-state index contributed by atoms with van der Waals surface area (Å²) in [7, 11) is 1.61. The van der Waals surface area contributed by atoms with Gasteiger partial charge in [-0.15, -0.1) is 10.2 Å². The normalized spacial score (nSPS) is 10.5. The van der Waals surface area contributed by atoms with Crippen LogP contribution in [0.2, 0.25) is 5.02 Å². The summed E-state index contributed by atoms with van der Waals surface area (Å²) in [6.45, 7) is 2.02. The number of thioether (sulfide) groups is 1. The molecule has 1 heterocycles. The van der Waals surface area contributed by atoms with Crippen molar-refractivity contribution < 1.29 is 9.53 Å². The summed E-state index contributed by atoms with van der Waals surface area (Å²) in [6, 6.07) is 22.3. The number of halogens is 1. The van der Waals surface area contributed by atoms with Gasteiger partial charge in [-0.25, -0.2) is 0 Å². The molecule has 0 bridgehead atoms. The molecule has 170 valence electrons. The van der Waals surface area contributed by atoms with Gasteiger partial charge in [-0.3, -0.25) is 9.36 Å². The zero-order valence-electron chi connectivity index (χ0n) is 18.4. The molecule has 0 aliphatic heterocycles. The van der Waals surface area contributed by atoms with E-state index in [1.165, 1.54) is 11.8 Å². The summed E-state index contributed by atoms with van der Waals surface area (Å²) >= 11 is 7.26. The number of hydrogen-bond acceptors (Lipinski definition) is 6. The van der Waals surface area contributed by atoms with Crippen LogP contribution in [0.3, 0.4) is 0 Å². The Labute approximate surface area is 206 Å². The zero-order valence-corrected chi connectivity index (χ0v) is 20.0. The zero-order chi connectivity index (χ0) is 24.1. The van der Waals surface area contributed by atoms with E-state index in [0.717, 1.165) is 16.8 Å². The fraction of sp³-hybridized carbons (Fsp3) is 0.120. The van der Waals surface area contributed by atoms with Crippen LogP contribution in [0.1, 0.15) is 11.1 Å². The van der Waals surface area contributed by atoms with E-state index in [2.05, 4.69) is 21.6 Å². The maximum Gasteiger partial charge on any atom is 0.234 e. The molecule has 0 unspecified atom stereocenters. The standard InChI is InChI=1S/C25H20ClN5O2S/c1-16-7-11-19(12-8-16)31-24(20-5-3-4-6-22(20)33-2)29-30-25(31)34-15-23(32)28-21-13-18(26)10-9-17(21)14-27/h3-13H,15H2,1-2H3,(H,28,32). The summed E-state index contributed by atoms with van der Waals surface area (Å²) in [5.41, 5.74) is 3.48. The molecule has 4 aromatic rings. The highest BCUT2D eigenvalue weighted by molar-refractivity contribution is 7.99. The predicted molar refractivity (Wildman–Crippen MR) is 134 cm³/mol. The van der Waals surface area contributed by atoms with Crippen LogP contribution in [0.4, 0.5) is 5.69 Å². The molecule has 7 nitrogen and oxygen atoms in total. The summed E-state index contributed by atoms with van der Waals surface area (Å²) < 4.78 is 7.42. The number of para-hydroxylation sites is 1. The number of hydrogen-bond donors (Lipinski definition) is 1. The molecule has 0 fully saturated rings. The van der Waals surface area contributed by atoms with Crippen molar-refractivity contribution in [1.82, 2.24) is 14.8 Å². The van der Waals surface area contributed by atoms with Crippen LogP contribution in [-0.2, 0) is 4.79 Å². The van der Waals surface area contributed by atoms with Crippen molar-refractivity contribution in [3.63, 3.8) is 0 Å². The SMILES string of the molecule is COc1ccccc1-c1nnc(SCC(=O)Nc2cc(Cl)ccc2C#N)n1-c1ccc(C)cc1. The third kappa shape index (κ3) is 5.06. The van der Waals surface area contributed by atoms with Crippen molar-refractivity contribution in [1.29, 1.82) is 5.26 Å². The van der Waals surface area contributed by atoms with Crippen molar-refractivity contribution in [2.24, 2.45) is 0 Å². The summed E-state index contributed by atoms with van der Waals surface area (Å²) in [5.74, 6) is 1.04. The van der Waals surface area contributed by atoms with Gasteiger partial charge in [0.15, 0.2) is 11.0 Å². The molecule has 0 aliphatic carbocycles. The molecule has 34 heavy (non-hydrogen) atoms. The number of aryl methyl sites for hydroxylation is 1. The first kappa shape index (κ1) is 23.4. The van der Waals surface area contributed by atoms with Crippen LogP contribution in [0, 0.1) is 18.3 Å². The minimum atomic E-state index is -0.291. The van der Waals surface area contributed by atoms with Crippen LogP contribution in [-0.4, -0.2) is 33.5 Å². The number of aromatic nitrogens is 3. The first-order valence-corrected chi connectivity index (χ1v) is 11.6. The van der Waals surface area contributed by atoms with E-state index in [9.17, 15) is 10.1 Å². The van der Waals surface area contributed by atoms with E-state index in [-0.39, 0.29) is 11.7 Å². The Bertz CT molecular complexity index is 1380. The lowest BCUT2D eigenvalue weighted by atomic mass is 10.1. The Morgan fingerprint density at radius 1 is 1.15 bits per heavy atom. The van der Waals surface area contributed by atoms with Gasteiger partial charge < -0.3 is 10.1 Å². The minimum Gasteiger partial charge on any atom is -0.496 e. The highest BCUT2D eigenvalue weighted by Gasteiger charge is 2.20. The van der Waals surface area contributed by atoms with Crippen molar-refractivity contribution in [2.75, 3.05) is 18.2 Å². The predicted octanol–water partition coefficient (Wildman–Crippen LogP) is 5.51. The maximum absolute atomic E-state index is 12.7. The number of nitrogens with zero attached hydrogens (tertiary/aromatic N) is 4. The van der Waals surface area contributed by atoms with E-state index >= 15 is 0 Å². The number of amides is 1. The molecule has 1 amide bonds. The number of nitrogens with one attached hydrogen (secondary N) is 1. The Morgan fingerprint density at radius 2 is 1.91 bits per heavy atom. The quantitative estimate of drug-likeness (QED) is 0.344. The molecule has 0 spiro atoms. The van der Waals surface area contributed by atoms with E-state index < -0.39 is 0 Å². The van der Waals surface area contributed by atoms with E-state index in [4.69, 9.17) is 16.3 Å². The molecule has 1 N–H and O–H groups in total. The highest BCUT2D eigenvalue weighted by atomic mass is 35.5. The number of methoxy groups -OCH3 is 1.